The average Bonchev–Trinajstić information content (AvgIpc) is 3.04. The van der Waals surface area contributed by atoms with Crippen LogP contribution < -0.4 is 0 Å². The third-order valence-corrected chi connectivity index (χ3v) is 26.7. The molecule has 0 radical (unpaired) electrons. The maximum atomic E-state index is 10.7. The van der Waals surface area contributed by atoms with Crippen LogP contribution in [0.15, 0.2) is 0 Å². The summed E-state index contributed by atoms with van der Waals surface area (Å²) in [6.45, 7) is 10.7. The molecule has 0 aromatic heterocycles. The molecule has 342 valence electrons. The number of rotatable bonds is 10. The van der Waals surface area contributed by atoms with Crippen molar-refractivity contribution < 1.29 is 195 Å². The molecule has 0 saturated carbocycles. The van der Waals surface area contributed by atoms with E-state index in [2.05, 4.69) is 4.43 Å². The first-order valence-corrected chi connectivity index (χ1v) is 31.8. The van der Waals surface area contributed by atoms with Gasteiger partial charge in [0.05, 0.1) is 0 Å². The molecule has 55 heavy (non-hydrogen) atoms. The number of aliphatic hydroxyl groups excluding tert-OH is 7. The second-order valence-electron chi connectivity index (χ2n) is 8.83. The van der Waals surface area contributed by atoms with Crippen molar-refractivity contribution in [3.63, 3.8) is 0 Å². The topological polar surface area (TPSA) is 396 Å². The molecule has 0 aromatic rings. The van der Waals surface area contributed by atoms with Gasteiger partial charge in [0.1, 0.15) is 0 Å². The van der Waals surface area contributed by atoms with Gasteiger partial charge in [-0.15, -0.1) is 0 Å². The number of aliphatic hydroxyl groups is 7. The smallest absolute Gasteiger partial charge is 0.412 e. The summed E-state index contributed by atoms with van der Waals surface area (Å²) in [6.07, 6.45) is 0. The standard InChI is InChI=1S/C10H34O14Si7.C2H8O3Si.7CH4O.H2O.3Zr/c1-15-29(9,16-2)23-31(17-3)22-28(8,14)19-27(7,13)21-30(10,24-31)20-26(6,12)18-25(4,5)11;1-5-6(2,3)4;7*1-2;;;;/h11-14H,1-10H3;3-4H,1-2H3;7*2H,1H3;1H2;;;. The molecule has 1 saturated heterocycles. The van der Waals surface area contributed by atoms with E-state index in [-0.39, 0.29) is 84.1 Å². The molecule has 36 heteroatoms. The molecule has 0 spiro atoms. The van der Waals surface area contributed by atoms with Crippen LogP contribution in [0.1, 0.15) is 0 Å². The first-order chi connectivity index (χ1) is 23.2. The Balaban J connectivity index is -0.0000000656. The van der Waals surface area contributed by atoms with E-state index >= 15 is 0 Å². The molecule has 15 N–H and O–H groups in total. The van der Waals surface area contributed by atoms with Crippen LogP contribution in [0.4, 0.5) is 0 Å². The molecule has 0 amide bonds. The molecule has 5 unspecified atom stereocenters. The van der Waals surface area contributed by atoms with Crippen LogP contribution in [0.3, 0.4) is 0 Å². The van der Waals surface area contributed by atoms with Crippen molar-refractivity contribution in [2.75, 3.05) is 78.2 Å². The summed E-state index contributed by atoms with van der Waals surface area (Å²) in [4.78, 5) is 58.7. The van der Waals surface area contributed by atoms with Crippen molar-refractivity contribution in [2.45, 2.75) is 52.4 Å². The van der Waals surface area contributed by atoms with Gasteiger partial charge in [-0.1, -0.05) is 0 Å². The van der Waals surface area contributed by atoms with Gasteiger partial charge in [0.2, 0.25) is 0 Å². The minimum Gasteiger partial charge on any atom is -0.412 e. The molecule has 0 aliphatic carbocycles. The van der Waals surface area contributed by atoms with E-state index in [0.717, 1.165) is 49.8 Å². The normalized spacial score (nSPS) is 23.3. The van der Waals surface area contributed by atoms with Crippen molar-refractivity contribution in [3.05, 3.63) is 0 Å². The van der Waals surface area contributed by atoms with E-state index < -0.39 is 70.4 Å². The largest absolute Gasteiger partial charge is 0.656 e. The number of hydrogen-bond donors (Lipinski definition) is 13. The Labute approximate surface area is 392 Å². The summed E-state index contributed by atoms with van der Waals surface area (Å²) in [5.41, 5.74) is 0. The van der Waals surface area contributed by atoms with E-state index in [4.69, 9.17) is 87.4 Å². The summed E-state index contributed by atoms with van der Waals surface area (Å²) in [6, 6.07) is 0. The Morgan fingerprint density at radius 3 is 1.00 bits per heavy atom. The van der Waals surface area contributed by atoms with E-state index in [1.165, 1.54) is 80.8 Å². The van der Waals surface area contributed by atoms with Crippen LogP contribution in [-0.2, 0) is 125 Å². The van der Waals surface area contributed by atoms with Crippen molar-refractivity contribution in [1.82, 2.24) is 0 Å². The summed E-state index contributed by atoms with van der Waals surface area (Å²) in [5, 5.41) is 49.0. The zero-order valence-electron chi connectivity index (χ0n) is 35.3. The van der Waals surface area contributed by atoms with Crippen LogP contribution >= 0.6 is 0 Å². The molecule has 1 fully saturated rings. The Morgan fingerprint density at radius 1 is 0.473 bits per heavy atom. The fourth-order valence-corrected chi connectivity index (χ4v) is 26.9. The van der Waals surface area contributed by atoms with E-state index in [9.17, 15) is 19.2 Å². The number of hydrogen-bond acceptors (Lipinski definition) is 24. The third-order valence-electron chi connectivity index (χ3n) is 3.88. The van der Waals surface area contributed by atoms with Gasteiger partial charge in [0, 0.05) is 196 Å². The van der Waals surface area contributed by atoms with Crippen molar-refractivity contribution >= 4 is 70.4 Å². The molecule has 25 nitrogen and oxygen atoms in total. The van der Waals surface area contributed by atoms with Crippen LogP contribution in [0.25, 0.3) is 0 Å². The van der Waals surface area contributed by atoms with Gasteiger partial charge in [-0.2, -0.15) is 0 Å². The summed E-state index contributed by atoms with van der Waals surface area (Å²) >= 11 is 0. The van der Waals surface area contributed by atoms with Gasteiger partial charge in [0.15, 0.2) is 0 Å². The second kappa shape index (κ2) is 46.9. The van der Waals surface area contributed by atoms with Crippen molar-refractivity contribution in [2.24, 2.45) is 0 Å². The zero-order chi connectivity index (χ0) is 43.8. The van der Waals surface area contributed by atoms with Gasteiger partial charge >= 0.3 is 70.4 Å². The van der Waals surface area contributed by atoms with E-state index in [1.54, 1.807) is 0 Å². The monoisotopic (exact) mass is 1190 g/mol. The minimum atomic E-state index is -4.38. The maximum Gasteiger partial charge on any atom is 0.656 e. The molecular weight excluding hydrogens is 1130 g/mol. The van der Waals surface area contributed by atoms with Gasteiger partial charge in [0.25, 0.3) is 0 Å². The maximum absolute atomic E-state index is 10.7. The van der Waals surface area contributed by atoms with Crippen LogP contribution in [0.2, 0.25) is 52.4 Å². The molecular formula is C19H72O25Si8Zr3. The Kier molecular flexibility index (Phi) is 76.2. The van der Waals surface area contributed by atoms with Crippen molar-refractivity contribution in [3.8, 4) is 0 Å². The van der Waals surface area contributed by atoms with Gasteiger partial charge in [-0.05, 0) is 13.1 Å². The molecule has 1 aliphatic rings. The Bertz CT molecular complexity index is 750. The SMILES string of the molecule is CO.CO.CO.CO.CO.CO.CO.CO[Si](C)(O)O.CO[Si](C)(OC)O[Si]1(OC)O[Si](C)(O)O[Si](C)(O)O[Si](C)(O[Si](C)(O)O[Si](C)(C)O)O1.O.[Zr].[Zr].[Zr]. The first kappa shape index (κ1) is 89.4. The van der Waals surface area contributed by atoms with Gasteiger partial charge in [-0.25, -0.2) is 0 Å². The Hall–Kier alpha value is 3.38. The van der Waals surface area contributed by atoms with Crippen molar-refractivity contribution in [1.29, 1.82) is 0 Å². The van der Waals surface area contributed by atoms with E-state index in [0.29, 0.717) is 0 Å². The fourth-order valence-electron chi connectivity index (χ4n) is 2.67. The Morgan fingerprint density at radius 2 is 0.764 bits per heavy atom. The van der Waals surface area contributed by atoms with Crippen LogP contribution in [-0.4, -0.2) is 219 Å². The predicted molar refractivity (Wildman–Crippen MR) is 203 cm³/mol. The molecule has 5 atom stereocenters. The van der Waals surface area contributed by atoms with Gasteiger partial charge < -0.3 is 117 Å². The molecule has 1 heterocycles. The molecule has 1 rings (SSSR count). The molecule has 0 bridgehead atoms. The first-order valence-electron chi connectivity index (χ1n) is 13.8. The zero-order valence-corrected chi connectivity index (χ0v) is 50.7. The molecule has 1 aliphatic heterocycles. The summed E-state index contributed by atoms with van der Waals surface area (Å²) in [5.74, 6) is 0. The predicted octanol–water partition coefficient (Wildman–Crippen LogP) is -5.38. The fraction of sp³-hybridized carbons (Fsp3) is 1.00. The molecule has 0 aromatic carbocycles. The second-order valence-corrected chi connectivity index (χ2v) is 30.8. The van der Waals surface area contributed by atoms with Crippen LogP contribution in [0, 0.1) is 0 Å². The van der Waals surface area contributed by atoms with Gasteiger partial charge in [-0.3, -0.25) is 0 Å². The quantitative estimate of drug-likeness (QED) is 0.0908. The minimum absolute atomic E-state index is 0. The summed E-state index contributed by atoms with van der Waals surface area (Å²) in [7, 11) is -18.3. The third kappa shape index (κ3) is 53.5. The average molecular weight is 1200 g/mol. The van der Waals surface area contributed by atoms with E-state index in [1.807, 2.05) is 0 Å². The van der Waals surface area contributed by atoms with Crippen LogP contribution in [0.5, 0.6) is 0 Å². The summed E-state index contributed by atoms with van der Waals surface area (Å²) < 4.78 is 60.0.